The van der Waals surface area contributed by atoms with Crippen LogP contribution in [0.4, 0.5) is 5.69 Å². The van der Waals surface area contributed by atoms with Gasteiger partial charge in [-0.1, -0.05) is 25.7 Å². The molecule has 0 bridgehead atoms. The predicted octanol–water partition coefficient (Wildman–Crippen LogP) is 3.82. The van der Waals surface area contributed by atoms with Crippen molar-refractivity contribution in [1.82, 2.24) is 0 Å². The highest BCUT2D eigenvalue weighted by molar-refractivity contribution is 7.47. The van der Waals surface area contributed by atoms with Gasteiger partial charge in [0.15, 0.2) is 0 Å². The number of nitro groups is 1. The first-order chi connectivity index (χ1) is 15.4. The Labute approximate surface area is 200 Å². The smallest absolute Gasteiger partial charge is 0.472 e. The molecule has 1 rings (SSSR count). The summed E-state index contributed by atoms with van der Waals surface area (Å²) in [5.74, 6) is -0.507. The lowest BCUT2D eigenvalue weighted by Crippen LogP contribution is -2.42. The van der Waals surface area contributed by atoms with E-state index in [1.807, 2.05) is 21.1 Å². The van der Waals surface area contributed by atoms with Gasteiger partial charge in [0.1, 0.15) is 18.4 Å². The summed E-state index contributed by atoms with van der Waals surface area (Å²) >= 11 is 0. The number of benzene rings is 1. The molecule has 2 unspecified atom stereocenters. The van der Waals surface area contributed by atoms with Crippen molar-refractivity contribution < 1.29 is 48.0 Å². The molecule has 12 nitrogen and oxygen atoms in total. The van der Waals surface area contributed by atoms with Crippen LogP contribution in [0.25, 0.3) is 0 Å². The lowest BCUT2D eigenvalue weighted by atomic mass is 10.1. The first kappa shape index (κ1) is 31.9. The maximum absolute atomic E-state index is 12.1. The number of likely N-dealkylation sites (N-methyl/N-ethyl adjacent to an activating group) is 1. The molecule has 0 aliphatic rings. The molecule has 2 atom stereocenters. The maximum atomic E-state index is 12.1. The standard InChI is InChI=1S/C21H35N2O9P.H2O/c1-23(2,3)17-20(16-21(24)25)32-33(28,29)31-15-9-7-5-4-6-8-14-30-19-12-10-18(11-13-19)22(26)27;/h10-13,20H,4-9,14-17H2,1-3H3,(H-,24,25,28,29);1H2. The number of hydrogen-bond acceptors (Lipinski definition) is 8. The van der Waals surface area contributed by atoms with E-state index in [4.69, 9.17) is 18.9 Å². The lowest BCUT2D eigenvalue weighted by molar-refractivity contribution is -0.873. The minimum atomic E-state index is -4.33. The number of carboxylic acids is 1. The van der Waals surface area contributed by atoms with Crippen molar-refractivity contribution in [3.63, 3.8) is 0 Å². The van der Waals surface area contributed by atoms with Crippen molar-refractivity contribution in [2.45, 2.75) is 51.0 Å². The Hall–Kier alpha value is -2.08. The molecule has 0 saturated heterocycles. The average Bonchev–Trinajstić information content (AvgIpc) is 2.67. The van der Waals surface area contributed by atoms with Crippen molar-refractivity contribution in [2.24, 2.45) is 0 Å². The fourth-order valence-electron chi connectivity index (χ4n) is 3.10. The number of unbranched alkanes of at least 4 members (excludes halogenated alkanes) is 5. The van der Waals surface area contributed by atoms with Crippen molar-refractivity contribution >= 4 is 19.5 Å². The number of hydrogen-bond donors (Lipinski definition) is 2. The van der Waals surface area contributed by atoms with Gasteiger partial charge in [0.25, 0.3) is 5.69 Å². The van der Waals surface area contributed by atoms with Gasteiger partial charge in [-0.3, -0.25) is 24.0 Å². The minimum Gasteiger partial charge on any atom is -0.870 e. The van der Waals surface area contributed by atoms with E-state index in [1.54, 1.807) is 12.1 Å². The predicted molar refractivity (Wildman–Crippen MR) is 124 cm³/mol. The third kappa shape index (κ3) is 15.7. The minimum absolute atomic E-state index is 0. The molecule has 196 valence electrons. The SMILES string of the molecule is C[N+](C)(C)CC(CC(=O)O)OP(=O)(O)OCCCCCCCCOc1ccc([N+](=O)[O-])cc1.[OH-]. The second-order valence-electron chi connectivity index (χ2n) is 8.82. The Kier molecular flexibility index (Phi) is 14.8. The van der Waals surface area contributed by atoms with Gasteiger partial charge in [0.2, 0.25) is 0 Å². The number of aliphatic carboxylic acids is 1. The van der Waals surface area contributed by atoms with E-state index in [-0.39, 0.29) is 30.7 Å². The molecule has 13 heteroatoms. The van der Waals surface area contributed by atoms with Gasteiger partial charge in [0.05, 0.1) is 45.7 Å². The number of phosphoric ester groups is 1. The molecule has 0 spiro atoms. The summed E-state index contributed by atoms with van der Waals surface area (Å²) in [6.45, 7) is 0.839. The van der Waals surface area contributed by atoms with Gasteiger partial charge in [-0.15, -0.1) is 0 Å². The summed E-state index contributed by atoms with van der Waals surface area (Å²) in [7, 11) is 1.18. The first-order valence-corrected chi connectivity index (χ1v) is 12.4. The largest absolute Gasteiger partial charge is 0.870 e. The number of carbonyl (C=O) groups is 1. The molecule has 0 aliphatic heterocycles. The average molecular weight is 509 g/mol. The van der Waals surface area contributed by atoms with Crippen LogP contribution in [0.1, 0.15) is 44.9 Å². The fourth-order valence-corrected chi connectivity index (χ4v) is 4.04. The Bertz CT molecular complexity index is 783. The summed E-state index contributed by atoms with van der Waals surface area (Å²) in [5, 5.41) is 19.6. The van der Waals surface area contributed by atoms with E-state index >= 15 is 0 Å². The highest BCUT2D eigenvalue weighted by atomic mass is 31.2. The zero-order valence-corrected chi connectivity index (χ0v) is 20.9. The fraction of sp³-hybridized carbons (Fsp3) is 0.667. The molecule has 0 amide bonds. The van der Waals surface area contributed by atoms with Crippen LogP contribution >= 0.6 is 7.82 Å². The molecular weight excluding hydrogens is 471 g/mol. The molecule has 0 saturated carbocycles. The molecule has 0 heterocycles. The summed E-state index contributed by atoms with van der Waals surface area (Å²) in [4.78, 5) is 31.0. The lowest BCUT2D eigenvalue weighted by Gasteiger charge is -2.29. The van der Waals surface area contributed by atoms with Gasteiger partial charge in [-0.25, -0.2) is 4.57 Å². The molecule has 1 aromatic carbocycles. The molecule has 1 aromatic rings. The monoisotopic (exact) mass is 508 g/mol. The molecule has 0 radical (unpaired) electrons. The summed E-state index contributed by atoms with van der Waals surface area (Å²) in [5.41, 5.74) is 0.0275. The van der Waals surface area contributed by atoms with Crippen LogP contribution in [0.15, 0.2) is 24.3 Å². The summed E-state index contributed by atoms with van der Waals surface area (Å²) in [6.07, 6.45) is 3.82. The molecule has 0 aliphatic carbocycles. The normalized spacial score (nSPS) is 14.0. The number of ether oxygens (including phenoxy) is 1. The van der Waals surface area contributed by atoms with Crippen LogP contribution in [-0.2, 0) is 18.4 Å². The second-order valence-corrected chi connectivity index (χ2v) is 10.2. The van der Waals surface area contributed by atoms with Gasteiger partial charge < -0.3 is 24.7 Å². The van der Waals surface area contributed by atoms with E-state index in [2.05, 4.69) is 0 Å². The second kappa shape index (κ2) is 15.8. The Balaban J connectivity index is 0.0000109. The number of phosphoric acid groups is 1. The highest BCUT2D eigenvalue weighted by Crippen LogP contribution is 2.45. The Morgan fingerprint density at radius 2 is 1.59 bits per heavy atom. The third-order valence-corrected chi connectivity index (χ3v) is 5.62. The highest BCUT2D eigenvalue weighted by Gasteiger charge is 2.31. The maximum Gasteiger partial charge on any atom is 0.472 e. The summed E-state index contributed by atoms with van der Waals surface area (Å²) < 4.78 is 28.2. The quantitative estimate of drug-likeness (QED) is 0.0974. The molecule has 3 N–H and O–H groups in total. The molecule has 34 heavy (non-hydrogen) atoms. The Morgan fingerprint density at radius 3 is 2.09 bits per heavy atom. The van der Waals surface area contributed by atoms with Crippen molar-refractivity contribution in [3.8, 4) is 5.75 Å². The number of carboxylic acid groups (broad SMARTS) is 1. The van der Waals surface area contributed by atoms with Crippen LogP contribution in [0.5, 0.6) is 5.75 Å². The van der Waals surface area contributed by atoms with Crippen LogP contribution in [0.2, 0.25) is 0 Å². The summed E-state index contributed by atoms with van der Waals surface area (Å²) in [6, 6.07) is 5.97. The molecule has 0 fully saturated rings. The van der Waals surface area contributed by atoms with E-state index in [0.717, 1.165) is 32.1 Å². The topological polar surface area (TPSA) is 175 Å². The van der Waals surface area contributed by atoms with Crippen LogP contribution in [0, 0.1) is 10.1 Å². The molecular formula is C21H37N2O10P. The van der Waals surface area contributed by atoms with Crippen LogP contribution < -0.4 is 4.74 Å². The van der Waals surface area contributed by atoms with Gasteiger partial charge in [-0.05, 0) is 25.0 Å². The van der Waals surface area contributed by atoms with Gasteiger partial charge >= 0.3 is 13.8 Å². The van der Waals surface area contributed by atoms with E-state index in [0.29, 0.717) is 23.3 Å². The number of rotatable bonds is 18. The molecule has 0 aromatic heterocycles. The van der Waals surface area contributed by atoms with Crippen molar-refractivity contribution in [3.05, 3.63) is 34.4 Å². The number of quaternary nitrogens is 1. The van der Waals surface area contributed by atoms with Crippen LogP contribution in [-0.4, -0.2) is 77.9 Å². The van der Waals surface area contributed by atoms with E-state index < -0.39 is 24.8 Å². The first-order valence-electron chi connectivity index (χ1n) is 10.9. The Morgan fingerprint density at radius 1 is 1.06 bits per heavy atom. The van der Waals surface area contributed by atoms with Crippen molar-refractivity contribution in [2.75, 3.05) is 40.9 Å². The third-order valence-electron chi connectivity index (χ3n) is 4.55. The number of nitrogens with zero attached hydrogens (tertiary/aromatic N) is 2. The zero-order chi connectivity index (χ0) is 24.9. The number of non-ortho nitro benzene ring substituents is 1. The van der Waals surface area contributed by atoms with Crippen molar-refractivity contribution in [1.29, 1.82) is 0 Å². The van der Waals surface area contributed by atoms with E-state index in [1.165, 1.54) is 12.1 Å². The van der Waals surface area contributed by atoms with Gasteiger partial charge in [-0.2, -0.15) is 0 Å². The number of nitro benzene ring substituents is 1. The zero-order valence-electron chi connectivity index (χ0n) is 20.0. The van der Waals surface area contributed by atoms with Crippen LogP contribution in [0.3, 0.4) is 0 Å². The van der Waals surface area contributed by atoms with Gasteiger partial charge in [0, 0.05) is 12.1 Å². The van der Waals surface area contributed by atoms with E-state index in [9.17, 15) is 24.4 Å².